The molecule has 0 bridgehead atoms. The Hall–Kier alpha value is -2.67. The molecule has 1 N–H and O–H groups in total. The van der Waals surface area contributed by atoms with Crippen molar-refractivity contribution in [3.63, 3.8) is 0 Å². The number of amides is 2. The number of rotatable bonds is 7. The van der Waals surface area contributed by atoms with Gasteiger partial charge >= 0.3 is 0 Å². The van der Waals surface area contributed by atoms with Gasteiger partial charge in [-0.1, -0.05) is 37.5 Å². The zero-order chi connectivity index (χ0) is 22.4. The molecule has 0 aromatic heterocycles. The highest BCUT2D eigenvalue weighted by molar-refractivity contribution is 7.91. The lowest BCUT2D eigenvalue weighted by molar-refractivity contribution is 0.0802. The molecule has 3 rings (SSSR count). The van der Waals surface area contributed by atoms with Gasteiger partial charge in [0.15, 0.2) is 9.84 Å². The normalized spacial score (nSPS) is 14.8. The molecule has 1 fully saturated rings. The van der Waals surface area contributed by atoms with Crippen LogP contribution in [0.3, 0.4) is 0 Å². The quantitative estimate of drug-likeness (QED) is 0.694. The van der Waals surface area contributed by atoms with Crippen LogP contribution in [0.4, 0.5) is 5.69 Å². The van der Waals surface area contributed by atoms with Crippen molar-refractivity contribution in [2.75, 3.05) is 18.9 Å². The van der Waals surface area contributed by atoms with Crippen molar-refractivity contribution in [2.24, 2.45) is 0 Å². The average Bonchev–Trinajstić information content (AvgIpc) is 2.78. The minimum atomic E-state index is -3.21. The smallest absolute Gasteiger partial charge is 0.255 e. The Morgan fingerprint density at radius 2 is 1.68 bits per heavy atom. The predicted octanol–water partition coefficient (Wildman–Crippen LogP) is 4.28. The molecule has 2 amide bonds. The van der Waals surface area contributed by atoms with Gasteiger partial charge in [0, 0.05) is 30.4 Å². The Labute approximate surface area is 184 Å². The van der Waals surface area contributed by atoms with Crippen LogP contribution in [0.15, 0.2) is 48.5 Å². The maximum atomic E-state index is 12.8. The van der Waals surface area contributed by atoms with Crippen LogP contribution in [0.1, 0.15) is 65.3 Å². The molecule has 0 unspecified atom stereocenters. The molecule has 2 aromatic carbocycles. The molecular weight excluding hydrogens is 412 g/mol. The van der Waals surface area contributed by atoms with Crippen molar-refractivity contribution >= 4 is 27.3 Å². The lowest BCUT2D eigenvalue weighted by Gasteiger charge is -2.21. The zero-order valence-electron chi connectivity index (χ0n) is 18.1. The van der Waals surface area contributed by atoms with Crippen molar-refractivity contribution in [3.8, 4) is 0 Å². The monoisotopic (exact) mass is 442 g/mol. The van der Waals surface area contributed by atoms with E-state index in [2.05, 4.69) is 5.32 Å². The van der Waals surface area contributed by atoms with E-state index >= 15 is 0 Å². The lowest BCUT2D eigenvalue weighted by Crippen LogP contribution is -2.26. The number of nitrogens with zero attached hydrogens (tertiary/aromatic N) is 1. The summed E-state index contributed by atoms with van der Waals surface area (Å²) in [6.45, 7) is 2.46. The molecule has 2 aromatic rings. The van der Waals surface area contributed by atoms with E-state index in [1.165, 1.54) is 0 Å². The van der Waals surface area contributed by atoms with Crippen LogP contribution in [0.5, 0.6) is 0 Å². The Morgan fingerprint density at radius 3 is 2.39 bits per heavy atom. The van der Waals surface area contributed by atoms with Crippen LogP contribution in [-0.2, 0) is 15.6 Å². The summed E-state index contributed by atoms with van der Waals surface area (Å²) in [7, 11) is -1.50. The summed E-state index contributed by atoms with van der Waals surface area (Å²) in [5.41, 5.74) is 2.01. The molecule has 1 aliphatic rings. The van der Waals surface area contributed by atoms with Crippen LogP contribution < -0.4 is 5.32 Å². The third kappa shape index (κ3) is 5.94. The maximum absolute atomic E-state index is 12.8. The van der Waals surface area contributed by atoms with E-state index in [1.54, 1.807) is 60.5 Å². The Kier molecular flexibility index (Phi) is 7.49. The minimum Gasteiger partial charge on any atom is -0.342 e. The molecule has 0 spiro atoms. The summed E-state index contributed by atoms with van der Waals surface area (Å²) >= 11 is 0. The topological polar surface area (TPSA) is 83.6 Å². The van der Waals surface area contributed by atoms with Crippen molar-refractivity contribution in [2.45, 2.75) is 50.0 Å². The van der Waals surface area contributed by atoms with Gasteiger partial charge in [-0.3, -0.25) is 9.59 Å². The first-order chi connectivity index (χ1) is 14.8. The van der Waals surface area contributed by atoms with Crippen molar-refractivity contribution < 1.29 is 18.0 Å². The van der Waals surface area contributed by atoms with E-state index in [9.17, 15) is 18.0 Å². The molecule has 31 heavy (non-hydrogen) atoms. The molecule has 1 saturated carbocycles. The van der Waals surface area contributed by atoms with Gasteiger partial charge in [-0.2, -0.15) is 0 Å². The van der Waals surface area contributed by atoms with Gasteiger partial charge in [0.25, 0.3) is 11.8 Å². The van der Waals surface area contributed by atoms with Crippen LogP contribution in [-0.4, -0.2) is 44.0 Å². The van der Waals surface area contributed by atoms with Crippen molar-refractivity contribution in [1.29, 1.82) is 0 Å². The second-order valence-corrected chi connectivity index (χ2v) is 10.4. The maximum Gasteiger partial charge on any atom is 0.255 e. The second-order valence-electron chi connectivity index (χ2n) is 8.12. The minimum absolute atomic E-state index is 0.0191. The van der Waals surface area contributed by atoms with Crippen molar-refractivity contribution in [1.82, 2.24) is 4.90 Å². The highest BCUT2D eigenvalue weighted by atomic mass is 32.2. The van der Waals surface area contributed by atoms with Gasteiger partial charge in [0.1, 0.15) is 0 Å². The van der Waals surface area contributed by atoms with Crippen LogP contribution in [0, 0.1) is 0 Å². The average molecular weight is 443 g/mol. The zero-order valence-corrected chi connectivity index (χ0v) is 19.0. The van der Waals surface area contributed by atoms with Gasteiger partial charge in [-0.05, 0) is 55.7 Å². The fourth-order valence-corrected chi connectivity index (χ4v) is 5.81. The fraction of sp³-hybridized carbons (Fsp3) is 0.417. The summed E-state index contributed by atoms with van der Waals surface area (Å²) in [5, 5.41) is 2.55. The van der Waals surface area contributed by atoms with E-state index < -0.39 is 9.84 Å². The first-order valence-corrected chi connectivity index (χ1v) is 12.5. The number of anilines is 1. The summed E-state index contributed by atoms with van der Waals surface area (Å²) in [6.07, 6.45) is 4.52. The SMILES string of the molecule is CCN(C)C(=O)c1cccc(C(=O)Nc2cccc(CS(=O)(=O)C3CCCCC3)c2)c1. The van der Waals surface area contributed by atoms with Gasteiger partial charge in [-0.25, -0.2) is 8.42 Å². The molecule has 6 nitrogen and oxygen atoms in total. The number of benzene rings is 2. The molecule has 1 aliphatic carbocycles. The summed E-state index contributed by atoms with van der Waals surface area (Å²) < 4.78 is 25.5. The lowest BCUT2D eigenvalue weighted by atomic mass is 10.0. The molecule has 166 valence electrons. The third-order valence-corrected chi connectivity index (χ3v) is 8.03. The van der Waals surface area contributed by atoms with Crippen LogP contribution >= 0.6 is 0 Å². The van der Waals surface area contributed by atoms with E-state index in [4.69, 9.17) is 0 Å². The van der Waals surface area contributed by atoms with Crippen molar-refractivity contribution in [3.05, 3.63) is 65.2 Å². The highest BCUT2D eigenvalue weighted by Crippen LogP contribution is 2.26. The van der Waals surface area contributed by atoms with Gasteiger partial charge in [-0.15, -0.1) is 0 Å². The highest BCUT2D eigenvalue weighted by Gasteiger charge is 2.27. The first-order valence-electron chi connectivity index (χ1n) is 10.8. The van der Waals surface area contributed by atoms with E-state index in [1.807, 2.05) is 6.92 Å². The largest absolute Gasteiger partial charge is 0.342 e. The van der Waals surface area contributed by atoms with E-state index in [-0.39, 0.29) is 22.8 Å². The molecule has 0 heterocycles. The van der Waals surface area contributed by atoms with Crippen LogP contribution in [0.25, 0.3) is 0 Å². The number of carbonyl (C=O) groups excluding carboxylic acids is 2. The summed E-state index contributed by atoms with van der Waals surface area (Å²) in [4.78, 5) is 26.6. The van der Waals surface area contributed by atoms with Crippen LogP contribution in [0.2, 0.25) is 0 Å². The molecule has 7 heteroatoms. The van der Waals surface area contributed by atoms with E-state index in [0.29, 0.717) is 28.9 Å². The number of hydrogen-bond donors (Lipinski definition) is 1. The standard InChI is InChI=1S/C24H30N2O4S/c1-3-26(2)24(28)20-11-8-10-19(16-20)23(27)25-21-12-7-9-18(15-21)17-31(29,30)22-13-5-4-6-14-22/h7-12,15-16,22H,3-6,13-14,17H2,1-2H3,(H,25,27). The molecule has 0 atom stereocenters. The molecule has 0 saturated heterocycles. The van der Waals surface area contributed by atoms with Gasteiger partial charge in [0.2, 0.25) is 0 Å². The number of sulfone groups is 1. The van der Waals surface area contributed by atoms with Gasteiger partial charge < -0.3 is 10.2 Å². The summed E-state index contributed by atoms with van der Waals surface area (Å²) in [5.74, 6) is -0.512. The Morgan fingerprint density at radius 1 is 1.00 bits per heavy atom. The summed E-state index contributed by atoms with van der Waals surface area (Å²) in [6, 6.07) is 13.5. The molecular formula is C24H30N2O4S. The van der Waals surface area contributed by atoms with E-state index in [0.717, 1.165) is 32.1 Å². The number of carbonyl (C=O) groups is 2. The predicted molar refractivity (Wildman–Crippen MR) is 123 cm³/mol. The Bertz CT molecular complexity index is 1040. The first kappa shape index (κ1) is 23.0. The molecule has 0 aliphatic heterocycles. The number of hydrogen-bond acceptors (Lipinski definition) is 4. The second kappa shape index (κ2) is 10.1. The molecule has 0 radical (unpaired) electrons. The number of nitrogens with one attached hydrogen (secondary N) is 1. The third-order valence-electron chi connectivity index (χ3n) is 5.81. The fourth-order valence-electron chi connectivity index (χ4n) is 3.87. The Balaban J connectivity index is 1.71. The van der Waals surface area contributed by atoms with Gasteiger partial charge in [0.05, 0.1) is 11.0 Å².